The number of benzene rings is 1. The normalized spacial score (nSPS) is 26.3. The van der Waals surface area contributed by atoms with Crippen molar-refractivity contribution in [2.24, 2.45) is 4.99 Å². The molecule has 1 aromatic carbocycles. The van der Waals surface area contributed by atoms with E-state index in [-0.39, 0.29) is 0 Å². The number of hydrogen-bond donors (Lipinski definition) is 2. The maximum absolute atomic E-state index is 6.07. The van der Waals surface area contributed by atoms with Crippen molar-refractivity contribution in [3.8, 4) is 5.75 Å². The highest BCUT2D eigenvalue weighted by Gasteiger charge is 2.41. The molecule has 0 spiro atoms. The number of fused-ring (bicyclic) bond motifs is 2. The molecule has 2 heterocycles. The first-order chi connectivity index (χ1) is 11.3. The predicted molar refractivity (Wildman–Crippen MR) is 92.4 cm³/mol. The Morgan fingerprint density at radius 2 is 2.26 bits per heavy atom. The van der Waals surface area contributed by atoms with E-state index in [0.29, 0.717) is 42.2 Å². The lowest BCUT2D eigenvalue weighted by Gasteiger charge is -2.22. The number of aliphatic imine (C=N–C) groups is 1. The summed E-state index contributed by atoms with van der Waals surface area (Å²) in [4.78, 5) is 4.58. The van der Waals surface area contributed by atoms with Gasteiger partial charge in [0.15, 0.2) is 5.96 Å². The zero-order valence-corrected chi connectivity index (χ0v) is 14.2. The lowest BCUT2D eigenvalue weighted by Crippen LogP contribution is -2.47. The molecule has 3 rings (SSSR count). The highest BCUT2D eigenvalue weighted by Crippen LogP contribution is 2.34. The Labute approximate surface area is 142 Å². The van der Waals surface area contributed by atoms with Gasteiger partial charge in [0.25, 0.3) is 0 Å². The molecular formula is C17H24ClN3O2. The number of nitrogens with zero attached hydrogens (tertiary/aromatic N) is 1. The van der Waals surface area contributed by atoms with Gasteiger partial charge in [-0.2, -0.15) is 0 Å². The minimum Gasteiger partial charge on any atom is -0.490 e. The number of rotatable bonds is 6. The Morgan fingerprint density at radius 1 is 1.39 bits per heavy atom. The third kappa shape index (κ3) is 4.30. The molecule has 5 nitrogen and oxygen atoms in total. The standard InChI is InChI=1S/C17H24ClN3O2/c1-2-19-17(21-14-11-12-7-8-16(14)23-12)20-9-10-22-15-6-4-3-5-13(15)18/h3-6,12,14,16H,2,7-11H2,1H3,(H2,19,20,21). The molecule has 0 aromatic heterocycles. The third-order valence-corrected chi connectivity index (χ3v) is 4.54. The number of guanidine groups is 1. The van der Waals surface area contributed by atoms with Gasteiger partial charge >= 0.3 is 0 Å². The van der Waals surface area contributed by atoms with Gasteiger partial charge in [0, 0.05) is 6.54 Å². The molecule has 3 atom stereocenters. The second-order valence-electron chi connectivity index (χ2n) is 5.90. The topological polar surface area (TPSA) is 54.9 Å². The van der Waals surface area contributed by atoms with Crippen molar-refractivity contribution in [3.05, 3.63) is 29.3 Å². The van der Waals surface area contributed by atoms with Crippen LogP contribution < -0.4 is 15.4 Å². The number of para-hydroxylation sites is 1. The zero-order valence-electron chi connectivity index (χ0n) is 13.4. The van der Waals surface area contributed by atoms with Crippen LogP contribution in [0.25, 0.3) is 0 Å². The van der Waals surface area contributed by atoms with Crippen LogP contribution in [0.15, 0.2) is 29.3 Å². The van der Waals surface area contributed by atoms with Crippen LogP contribution in [0.4, 0.5) is 0 Å². The molecule has 0 amide bonds. The molecule has 0 radical (unpaired) electrons. The van der Waals surface area contributed by atoms with Gasteiger partial charge in [0.2, 0.25) is 0 Å². The molecule has 2 aliphatic heterocycles. The average Bonchev–Trinajstić information content (AvgIpc) is 3.16. The van der Waals surface area contributed by atoms with Crippen molar-refractivity contribution in [2.45, 2.75) is 44.4 Å². The molecule has 2 saturated heterocycles. The molecular weight excluding hydrogens is 314 g/mol. The molecule has 2 N–H and O–H groups in total. The van der Waals surface area contributed by atoms with Crippen LogP contribution in [0.5, 0.6) is 5.75 Å². The fourth-order valence-corrected chi connectivity index (χ4v) is 3.35. The SMILES string of the molecule is CCNC(=NCCOc1ccccc1Cl)NC1CC2CCC1O2. The Morgan fingerprint density at radius 3 is 2.96 bits per heavy atom. The Bertz CT molecular complexity index is 552. The van der Waals surface area contributed by atoms with Crippen molar-refractivity contribution < 1.29 is 9.47 Å². The van der Waals surface area contributed by atoms with E-state index in [9.17, 15) is 0 Å². The quantitative estimate of drug-likeness (QED) is 0.476. The van der Waals surface area contributed by atoms with Gasteiger partial charge in [-0.15, -0.1) is 0 Å². The minimum atomic E-state index is 0.336. The summed E-state index contributed by atoms with van der Waals surface area (Å²) in [6.45, 7) is 3.96. The predicted octanol–water partition coefficient (Wildman–Crippen LogP) is 2.59. The summed E-state index contributed by atoms with van der Waals surface area (Å²) in [5, 5.41) is 7.40. The van der Waals surface area contributed by atoms with E-state index in [4.69, 9.17) is 21.1 Å². The van der Waals surface area contributed by atoms with Gasteiger partial charge in [0.05, 0.1) is 29.8 Å². The van der Waals surface area contributed by atoms with Crippen molar-refractivity contribution in [1.82, 2.24) is 10.6 Å². The summed E-state index contributed by atoms with van der Waals surface area (Å²) in [5.74, 6) is 1.53. The molecule has 2 aliphatic rings. The number of halogens is 1. The summed E-state index contributed by atoms with van der Waals surface area (Å²) in [5.41, 5.74) is 0. The number of ether oxygens (including phenoxy) is 2. The first kappa shape index (κ1) is 16.4. The lowest BCUT2D eigenvalue weighted by molar-refractivity contribution is 0.0992. The Hall–Kier alpha value is -1.46. The maximum Gasteiger partial charge on any atom is 0.191 e. The van der Waals surface area contributed by atoms with Crippen LogP contribution in [-0.2, 0) is 4.74 Å². The number of nitrogens with one attached hydrogen (secondary N) is 2. The lowest BCUT2D eigenvalue weighted by atomic mass is 9.96. The summed E-state index contributed by atoms with van der Waals surface area (Å²) in [6.07, 6.45) is 4.19. The van der Waals surface area contributed by atoms with Crippen LogP contribution in [0.1, 0.15) is 26.2 Å². The first-order valence-electron chi connectivity index (χ1n) is 8.34. The average molecular weight is 338 g/mol. The van der Waals surface area contributed by atoms with Crippen molar-refractivity contribution in [3.63, 3.8) is 0 Å². The monoisotopic (exact) mass is 337 g/mol. The second kappa shape index (κ2) is 7.88. The summed E-state index contributed by atoms with van der Waals surface area (Å²) in [7, 11) is 0. The van der Waals surface area contributed by atoms with E-state index in [2.05, 4.69) is 22.5 Å². The van der Waals surface area contributed by atoms with Gasteiger partial charge in [-0.1, -0.05) is 23.7 Å². The Kier molecular flexibility index (Phi) is 5.62. The van der Waals surface area contributed by atoms with Crippen LogP contribution in [0, 0.1) is 0 Å². The van der Waals surface area contributed by atoms with E-state index in [1.165, 1.54) is 6.42 Å². The molecule has 1 aromatic rings. The number of hydrogen-bond acceptors (Lipinski definition) is 3. The van der Waals surface area contributed by atoms with Crippen LogP contribution in [0.2, 0.25) is 5.02 Å². The van der Waals surface area contributed by atoms with Crippen LogP contribution >= 0.6 is 11.6 Å². The van der Waals surface area contributed by atoms with E-state index in [1.54, 1.807) is 0 Å². The molecule has 23 heavy (non-hydrogen) atoms. The second-order valence-corrected chi connectivity index (χ2v) is 6.31. The summed E-state index contributed by atoms with van der Waals surface area (Å²) in [6, 6.07) is 7.85. The highest BCUT2D eigenvalue weighted by molar-refractivity contribution is 6.32. The van der Waals surface area contributed by atoms with Gasteiger partial charge < -0.3 is 20.1 Å². The molecule has 2 fully saturated rings. The first-order valence-corrected chi connectivity index (χ1v) is 8.71. The van der Waals surface area contributed by atoms with Crippen LogP contribution in [-0.4, -0.2) is 43.9 Å². The molecule has 0 aliphatic carbocycles. The summed E-state index contributed by atoms with van der Waals surface area (Å²) < 4.78 is 11.5. The maximum atomic E-state index is 6.07. The molecule has 0 saturated carbocycles. The fourth-order valence-electron chi connectivity index (χ4n) is 3.16. The smallest absolute Gasteiger partial charge is 0.191 e. The highest BCUT2D eigenvalue weighted by atomic mass is 35.5. The van der Waals surface area contributed by atoms with Crippen molar-refractivity contribution >= 4 is 17.6 Å². The molecule has 3 unspecified atom stereocenters. The van der Waals surface area contributed by atoms with Gasteiger partial charge in [-0.3, -0.25) is 0 Å². The largest absolute Gasteiger partial charge is 0.490 e. The Balaban J connectivity index is 1.48. The molecule has 6 heteroatoms. The van der Waals surface area contributed by atoms with Gasteiger partial charge in [-0.25, -0.2) is 4.99 Å². The van der Waals surface area contributed by atoms with Gasteiger partial charge in [0.1, 0.15) is 12.4 Å². The van der Waals surface area contributed by atoms with Crippen molar-refractivity contribution in [2.75, 3.05) is 19.7 Å². The van der Waals surface area contributed by atoms with Crippen molar-refractivity contribution in [1.29, 1.82) is 0 Å². The minimum absolute atomic E-state index is 0.336. The molecule has 126 valence electrons. The third-order valence-electron chi connectivity index (χ3n) is 4.23. The van der Waals surface area contributed by atoms with E-state index < -0.39 is 0 Å². The van der Waals surface area contributed by atoms with E-state index in [1.807, 2.05) is 24.3 Å². The van der Waals surface area contributed by atoms with Gasteiger partial charge in [-0.05, 0) is 38.3 Å². The van der Waals surface area contributed by atoms with Crippen LogP contribution in [0.3, 0.4) is 0 Å². The fraction of sp³-hybridized carbons (Fsp3) is 0.588. The van der Waals surface area contributed by atoms with E-state index >= 15 is 0 Å². The summed E-state index contributed by atoms with van der Waals surface area (Å²) >= 11 is 6.07. The zero-order chi connectivity index (χ0) is 16.1. The van der Waals surface area contributed by atoms with E-state index in [0.717, 1.165) is 25.3 Å². The molecule has 2 bridgehead atoms.